The molecule has 23 heavy (non-hydrogen) atoms. The lowest BCUT2D eigenvalue weighted by Gasteiger charge is -2.25. The molecule has 6 heteroatoms. The molecule has 0 heterocycles. The van der Waals surface area contributed by atoms with Gasteiger partial charge >= 0.3 is 0 Å². The zero-order valence-corrected chi connectivity index (χ0v) is 14.7. The molecule has 0 bridgehead atoms. The smallest absolute Gasteiger partial charge is 0.254 e. The molecule has 0 radical (unpaired) electrons. The molecule has 2 aromatic rings. The molecule has 0 aromatic heterocycles. The van der Waals surface area contributed by atoms with Gasteiger partial charge in [0, 0.05) is 23.9 Å². The van der Waals surface area contributed by atoms with Crippen molar-refractivity contribution in [3.63, 3.8) is 0 Å². The first-order valence-corrected chi connectivity index (χ1v) is 9.30. The van der Waals surface area contributed by atoms with Gasteiger partial charge in [-0.05, 0) is 48.9 Å². The van der Waals surface area contributed by atoms with E-state index in [0.29, 0.717) is 10.6 Å². The minimum absolute atomic E-state index is 0.130. The van der Waals surface area contributed by atoms with Crippen molar-refractivity contribution < 1.29 is 13.2 Å². The van der Waals surface area contributed by atoms with Crippen LogP contribution in [0.4, 0.5) is 0 Å². The second kappa shape index (κ2) is 6.72. The van der Waals surface area contributed by atoms with E-state index in [-0.39, 0.29) is 16.8 Å². The summed E-state index contributed by atoms with van der Waals surface area (Å²) in [6.45, 7) is 1.92. The molecule has 2 rings (SSSR count). The van der Waals surface area contributed by atoms with Crippen molar-refractivity contribution in [3.05, 3.63) is 64.7 Å². The summed E-state index contributed by atoms with van der Waals surface area (Å²) in [4.78, 5) is 14.3. The first kappa shape index (κ1) is 17.5. The third kappa shape index (κ3) is 4.12. The second-order valence-corrected chi connectivity index (χ2v) is 7.89. The molecule has 2 aromatic carbocycles. The molecule has 1 atom stereocenters. The van der Waals surface area contributed by atoms with Gasteiger partial charge < -0.3 is 4.90 Å². The van der Waals surface area contributed by atoms with E-state index in [0.717, 1.165) is 11.8 Å². The fourth-order valence-electron chi connectivity index (χ4n) is 2.19. The van der Waals surface area contributed by atoms with Crippen LogP contribution >= 0.6 is 11.6 Å². The summed E-state index contributed by atoms with van der Waals surface area (Å²) < 4.78 is 22.9. The topological polar surface area (TPSA) is 54.5 Å². The van der Waals surface area contributed by atoms with Gasteiger partial charge in [-0.2, -0.15) is 0 Å². The van der Waals surface area contributed by atoms with Crippen molar-refractivity contribution in [2.75, 3.05) is 13.3 Å². The average molecular weight is 352 g/mol. The van der Waals surface area contributed by atoms with E-state index in [1.807, 2.05) is 19.1 Å². The first-order chi connectivity index (χ1) is 10.7. The number of carbonyl (C=O) groups excluding carboxylic acids is 1. The van der Waals surface area contributed by atoms with Crippen molar-refractivity contribution >= 4 is 27.3 Å². The molecule has 122 valence electrons. The standard InChI is InChI=1S/C17H18ClNO3S/c1-12(13-4-8-15(18)9-5-13)19(2)17(20)14-6-10-16(11-7-14)23(3,21)22/h4-12H,1-3H3/t12-/m0/s1. The van der Waals surface area contributed by atoms with Crippen LogP contribution in [0.25, 0.3) is 0 Å². The van der Waals surface area contributed by atoms with Gasteiger partial charge in [-0.25, -0.2) is 8.42 Å². The molecule has 0 unspecified atom stereocenters. The minimum Gasteiger partial charge on any atom is -0.335 e. The van der Waals surface area contributed by atoms with Gasteiger partial charge in [0.2, 0.25) is 0 Å². The van der Waals surface area contributed by atoms with Crippen molar-refractivity contribution in [3.8, 4) is 0 Å². The van der Waals surface area contributed by atoms with Crippen LogP contribution in [0, 0.1) is 0 Å². The summed E-state index contributed by atoms with van der Waals surface area (Å²) in [5.41, 5.74) is 1.42. The van der Waals surface area contributed by atoms with Crippen LogP contribution in [0.2, 0.25) is 5.02 Å². The maximum Gasteiger partial charge on any atom is 0.254 e. The van der Waals surface area contributed by atoms with Crippen LogP contribution in [-0.4, -0.2) is 32.5 Å². The predicted octanol–water partition coefficient (Wildman–Crippen LogP) is 3.58. The first-order valence-electron chi connectivity index (χ1n) is 7.03. The molecule has 4 nitrogen and oxygen atoms in total. The fourth-order valence-corrected chi connectivity index (χ4v) is 2.95. The van der Waals surface area contributed by atoms with Gasteiger partial charge in [0.25, 0.3) is 5.91 Å². The summed E-state index contributed by atoms with van der Waals surface area (Å²) in [7, 11) is -1.55. The lowest BCUT2D eigenvalue weighted by molar-refractivity contribution is 0.0742. The summed E-state index contributed by atoms with van der Waals surface area (Å²) in [5.74, 6) is -0.174. The van der Waals surface area contributed by atoms with Crippen LogP contribution in [0.3, 0.4) is 0 Å². The zero-order chi connectivity index (χ0) is 17.2. The van der Waals surface area contributed by atoms with Crippen LogP contribution in [0.1, 0.15) is 28.9 Å². The van der Waals surface area contributed by atoms with Crippen molar-refractivity contribution in [2.24, 2.45) is 0 Å². The molecular formula is C17H18ClNO3S. The van der Waals surface area contributed by atoms with E-state index >= 15 is 0 Å². The lowest BCUT2D eigenvalue weighted by Crippen LogP contribution is -2.29. The Balaban J connectivity index is 2.20. The van der Waals surface area contributed by atoms with Crippen molar-refractivity contribution in [1.29, 1.82) is 0 Å². The van der Waals surface area contributed by atoms with E-state index in [1.165, 1.54) is 24.3 Å². The van der Waals surface area contributed by atoms with E-state index in [4.69, 9.17) is 11.6 Å². The van der Waals surface area contributed by atoms with Gasteiger partial charge in [-0.15, -0.1) is 0 Å². The SMILES string of the molecule is C[C@@H](c1ccc(Cl)cc1)N(C)C(=O)c1ccc(S(C)(=O)=O)cc1. The molecule has 1 amide bonds. The zero-order valence-electron chi connectivity index (χ0n) is 13.2. The second-order valence-electron chi connectivity index (χ2n) is 5.44. The van der Waals surface area contributed by atoms with Crippen LogP contribution in [0.5, 0.6) is 0 Å². The molecule has 0 fully saturated rings. The van der Waals surface area contributed by atoms with Gasteiger partial charge in [0.1, 0.15) is 0 Å². The maximum atomic E-state index is 12.5. The molecule has 0 saturated heterocycles. The number of hydrogen-bond acceptors (Lipinski definition) is 3. The number of hydrogen-bond donors (Lipinski definition) is 0. The molecule has 0 N–H and O–H groups in total. The van der Waals surface area contributed by atoms with Crippen molar-refractivity contribution in [2.45, 2.75) is 17.9 Å². The Morgan fingerprint density at radius 2 is 1.57 bits per heavy atom. The average Bonchev–Trinajstić information content (AvgIpc) is 2.53. The molecule has 0 aliphatic carbocycles. The normalized spacial score (nSPS) is 12.7. The van der Waals surface area contributed by atoms with Crippen LogP contribution in [0.15, 0.2) is 53.4 Å². The fraction of sp³-hybridized carbons (Fsp3) is 0.235. The molecule has 0 aliphatic heterocycles. The van der Waals surface area contributed by atoms with E-state index in [9.17, 15) is 13.2 Å². The third-order valence-electron chi connectivity index (χ3n) is 3.78. The number of amides is 1. The molecule has 0 aliphatic rings. The molecule has 0 saturated carbocycles. The summed E-state index contributed by atoms with van der Waals surface area (Å²) in [5, 5.41) is 0.645. The number of sulfone groups is 1. The molecule has 0 spiro atoms. The predicted molar refractivity (Wildman–Crippen MR) is 91.5 cm³/mol. The maximum absolute atomic E-state index is 12.5. The minimum atomic E-state index is -3.27. The summed E-state index contributed by atoms with van der Waals surface area (Å²) in [6, 6.07) is 13.2. The number of nitrogens with zero attached hydrogens (tertiary/aromatic N) is 1. The number of carbonyl (C=O) groups is 1. The Labute approximate surface area is 141 Å². The highest BCUT2D eigenvalue weighted by Crippen LogP contribution is 2.22. The van der Waals surface area contributed by atoms with E-state index in [1.54, 1.807) is 24.1 Å². The Hall–Kier alpha value is -1.85. The van der Waals surface area contributed by atoms with Gasteiger partial charge in [-0.3, -0.25) is 4.79 Å². The third-order valence-corrected chi connectivity index (χ3v) is 5.16. The highest BCUT2D eigenvalue weighted by molar-refractivity contribution is 7.90. The lowest BCUT2D eigenvalue weighted by atomic mass is 10.1. The monoisotopic (exact) mass is 351 g/mol. The quantitative estimate of drug-likeness (QED) is 0.846. The number of halogens is 1. The Morgan fingerprint density at radius 1 is 1.04 bits per heavy atom. The largest absolute Gasteiger partial charge is 0.335 e. The number of benzene rings is 2. The van der Waals surface area contributed by atoms with Gasteiger partial charge in [0.15, 0.2) is 9.84 Å². The van der Waals surface area contributed by atoms with Gasteiger partial charge in [0.05, 0.1) is 10.9 Å². The number of rotatable bonds is 4. The van der Waals surface area contributed by atoms with Crippen LogP contribution in [-0.2, 0) is 9.84 Å². The Bertz CT molecular complexity index is 799. The summed E-state index contributed by atoms with van der Waals surface area (Å²) >= 11 is 5.88. The van der Waals surface area contributed by atoms with Gasteiger partial charge in [-0.1, -0.05) is 23.7 Å². The summed E-state index contributed by atoms with van der Waals surface area (Å²) in [6.07, 6.45) is 1.14. The Kier molecular flexibility index (Phi) is 5.12. The molecular weight excluding hydrogens is 334 g/mol. The van der Waals surface area contributed by atoms with E-state index in [2.05, 4.69) is 0 Å². The highest BCUT2D eigenvalue weighted by Gasteiger charge is 2.19. The van der Waals surface area contributed by atoms with Crippen LogP contribution < -0.4 is 0 Å². The van der Waals surface area contributed by atoms with Crippen molar-refractivity contribution in [1.82, 2.24) is 4.90 Å². The Morgan fingerprint density at radius 3 is 2.04 bits per heavy atom. The highest BCUT2D eigenvalue weighted by atomic mass is 35.5. The van der Waals surface area contributed by atoms with E-state index < -0.39 is 9.84 Å².